The lowest BCUT2D eigenvalue weighted by molar-refractivity contribution is -0.136. The van der Waals surface area contributed by atoms with Crippen molar-refractivity contribution >= 4 is 5.78 Å². The molecule has 0 aromatic heterocycles. The van der Waals surface area contributed by atoms with Crippen molar-refractivity contribution in [2.45, 2.75) is 65.3 Å². The minimum Gasteiger partial charge on any atom is -0.297 e. The lowest BCUT2D eigenvalue weighted by atomic mass is 9.76. The number of hydrogen-bond acceptors (Lipinski definition) is 2. The van der Waals surface area contributed by atoms with Crippen LogP contribution in [0.4, 0.5) is 0 Å². The Labute approximate surface area is 112 Å². The predicted molar refractivity (Wildman–Crippen MR) is 75.6 cm³/mol. The zero-order valence-electron chi connectivity index (χ0n) is 12.5. The largest absolute Gasteiger partial charge is 0.297 e. The first-order valence-corrected chi connectivity index (χ1v) is 7.86. The molecule has 2 bridgehead atoms. The molecule has 2 heteroatoms. The Balaban J connectivity index is 2.14. The van der Waals surface area contributed by atoms with Gasteiger partial charge in [0, 0.05) is 5.92 Å². The zero-order chi connectivity index (χ0) is 13.3. The average Bonchev–Trinajstić information content (AvgIpc) is 3.01. The summed E-state index contributed by atoms with van der Waals surface area (Å²) in [4.78, 5) is 15.4. The van der Waals surface area contributed by atoms with Crippen LogP contribution in [0.3, 0.4) is 0 Å². The molecule has 2 aliphatic carbocycles. The van der Waals surface area contributed by atoms with Crippen LogP contribution in [0.15, 0.2) is 0 Å². The topological polar surface area (TPSA) is 20.3 Å². The van der Waals surface area contributed by atoms with Gasteiger partial charge in [0.15, 0.2) is 5.78 Å². The highest BCUT2D eigenvalue weighted by Crippen LogP contribution is 2.50. The number of carbonyl (C=O) groups excluding carboxylic acids is 1. The summed E-state index contributed by atoms with van der Waals surface area (Å²) in [7, 11) is 0. The SMILES string of the molecule is CCN(CC)C(C)(CC)C(=O)C1CC2CCC1C2. The molecule has 2 rings (SSSR count). The van der Waals surface area contributed by atoms with Crippen molar-refractivity contribution in [2.24, 2.45) is 17.8 Å². The van der Waals surface area contributed by atoms with Crippen LogP contribution in [0.1, 0.15) is 59.8 Å². The molecular formula is C16H29NO. The summed E-state index contributed by atoms with van der Waals surface area (Å²) in [5, 5.41) is 0. The first kappa shape index (κ1) is 14.0. The number of Topliss-reactive ketones (excluding diaryl/α,β-unsaturated/α-hetero) is 1. The van der Waals surface area contributed by atoms with Crippen molar-refractivity contribution in [3.05, 3.63) is 0 Å². The number of ketones is 1. The molecule has 0 heterocycles. The molecule has 2 saturated carbocycles. The van der Waals surface area contributed by atoms with Gasteiger partial charge >= 0.3 is 0 Å². The van der Waals surface area contributed by atoms with Crippen LogP contribution in [-0.2, 0) is 4.79 Å². The minimum absolute atomic E-state index is 0.224. The third kappa shape index (κ3) is 2.13. The van der Waals surface area contributed by atoms with E-state index in [9.17, 15) is 4.79 Å². The second kappa shape index (κ2) is 5.32. The average molecular weight is 251 g/mol. The van der Waals surface area contributed by atoms with E-state index in [2.05, 4.69) is 32.6 Å². The quantitative estimate of drug-likeness (QED) is 0.720. The summed E-state index contributed by atoms with van der Waals surface area (Å²) >= 11 is 0. The normalized spacial score (nSPS) is 33.9. The van der Waals surface area contributed by atoms with Gasteiger partial charge in [-0.15, -0.1) is 0 Å². The van der Waals surface area contributed by atoms with Crippen molar-refractivity contribution in [1.82, 2.24) is 4.90 Å². The third-order valence-corrected chi connectivity index (χ3v) is 5.76. The van der Waals surface area contributed by atoms with Gasteiger partial charge in [0.05, 0.1) is 5.54 Å². The predicted octanol–water partition coefficient (Wildman–Crippen LogP) is 3.50. The van der Waals surface area contributed by atoms with Gasteiger partial charge in [0.1, 0.15) is 0 Å². The van der Waals surface area contributed by atoms with Crippen molar-refractivity contribution in [2.75, 3.05) is 13.1 Å². The summed E-state index contributed by atoms with van der Waals surface area (Å²) in [6.45, 7) is 10.6. The Kier molecular flexibility index (Phi) is 4.15. The molecule has 0 spiro atoms. The van der Waals surface area contributed by atoms with Gasteiger partial charge < -0.3 is 0 Å². The molecule has 0 aromatic carbocycles. The van der Waals surface area contributed by atoms with Crippen molar-refractivity contribution in [3.8, 4) is 0 Å². The molecule has 0 saturated heterocycles. The van der Waals surface area contributed by atoms with E-state index in [0.29, 0.717) is 17.6 Å². The van der Waals surface area contributed by atoms with Crippen LogP contribution in [0.25, 0.3) is 0 Å². The summed E-state index contributed by atoms with van der Waals surface area (Å²) < 4.78 is 0. The van der Waals surface area contributed by atoms with Crippen LogP contribution in [0, 0.1) is 17.8 Å². The molecule has 2 fully saturated rings. The fraction of sp³-hybridized carbons (Fsp3) is 0.938. The number of nitrogens with zero attached hydrogens (tertiary/aromatic N) is 1. The Morgan fingerprint density at radius 2 is 1.83 bits per heavy atom. The van der Waals surface area contributed by atoms with Gasteiger partial charge in [-0.05, 0) is 57.5 Å². The van der Waals surface area contributed by atoms with Crippen molar-refractivity contribution < 1.29 is 4.79 Å². The maximum Gasteiger partial charge on any atom is 0.156 e. The summed E-state index contributed by atoms with van der Waals surface area (Å²) in [5.74, 6) is 2.49. The second-order valence-electron chi connectivity index (χ2n) is 6.45. The van der Waals surface area contributed by atoms with E-state index in [4.69, 9.17) is 0 Å². The van der Waals surface area contributed by atoms with Crippen LogP contribution < -0.4 is 0 Å². The Morgan fingerprint density at radius 3 is 2.22 bits per heavy atom. The molecule has 18 heavy (non-hydrogen) atoms. The number of hydrogen-bond donors (Lipinski definition) is 0. The fourth-order valence-electron chi connectivity index (χ4n) is 4.44. The number of rotatable bonds is 6. The maximum absolute atomic E-state index is 13.0. The third-order valence-electron chi connectivity index (χ3n) is 5.76. The van der Waals surface area contributed by atoms with Crippen LogP contribution >= 0.6 is 0 Å². The van der Waals surface area contributed by atoms with Gasteiger partial charge in [0.2, 0.25) is 0 Å². The minimum atomic E-state index is -0.224. The van der Waals surface area contributed by atoms with Crippen LogP contribution in [0.2, 0.25) is 0 Å². The van der Waals surface area contributed by atoms with Gasteiger partial charge in [-0.25, -0.2) is 0 Å². The maximum atomic E-state index is 13.0. The second-order valence-corrected chi connectivity index (χ2v) is 6.45. The van der Waals surface area contributed by atoms with Crippen molar-refractivity contribution in [3.63, 3.8) is 0 Å². The highest BCUT2D eigenvalue weighted by molar-refractivity contribution is 5.90. The Morgan fingerprint density at radius 1 is 1.17 bits per heavy atom. The monoisotopic (exact) mass is 251 g/mol. The van der Waals surface area contributed by atoms with E-state index in [-0.39, 0.29) is 5.54 Å². The van der Waals surface area contributed by atoms with E-state index < -0.39 is 0 Å². The molecule has 0 aromatic rings. The van der Waals surface area contributed by atoms with Gasteiger partial charge in [0.25, 0.3) is 0 Å². The summed E-state index contributed by atoms with van der Waals surface area (Å²) in [5.41, 5.74) is -0.224. The molecule has 0 amide bonds. The van der Waals surface area contributed by atoms with E-state index in [1.54, 1.807) is 0 Å². The standard InChI is InChI=1S/C16H29NO/c1-5-16(4,17(6-2)7-3)15(18)14-11-12-8-9-13(14)10-12/h12-14H,5-11H2,1-4H3. The summed E-state index contributed by atoms with van der Waals surface area (Å²) in [6.07, 6.45) is 6.14. The molecule has 104 valence electrons. The van der Waals surface area contributed by atoms with Gasteiger partial charge in [-0.1, -0.05) is 27.2 Å². The molecule has 0 N–H and O–H groups in total. The van der Waals surface area contributed by atoms with Gasteiger partial charge in [-0.3, -0.25) is 9.69 Å². The van der Waals surface area contributed by atoms with E-state index in [0.717, 1.165) is 25.4 Å². The zero-order valence-corrected chi connectivity index (χ0v) is 12.5. The lowest BCUT2D eigenvalue weighted by Crippen LogP contribution is -2.54. The Hall–Kier alpha value is -0.370. The highest BCUT2D eigenvalue weighted by Gasteiger charge is 2.48. The molecule has 2 nitrogen and oxygen atoms in total. The van der Waals surface area contributed by atoms with Gasteiger partial charge in [-0.2, -0.15) is 0 Å². The smallest absolute Gasteiger partial charge is 0.156 e. The molecule has 4 unspecified atom stereocenters. The van der Waals surface area contributed by atoms with E-state index in [1.165, 1.54) is 25.7 Å². The summed E-state index contributed by atoms with van der Waals surface area (Å²) in [6, 6.07) is 0. The van der Waals surface area contributed by atoms with Crippen LogP contribution in [0.5, 0.6) is 0 Å². The number of likely N-dealkylation sites (N-methyl/N-ethyl adjacent to an activating group) is 1. The first-order valence-electron chi connectivity index (χ1n) is 7.86. The molecule has 4 atom stereocenters. The molecule has 0 aliphatic heterocycles. The highest BCUT2D eigenvalue weighted by atomic mass is 16.1. The lowest BCUT2D eigenvalue weighted by Gasteiger charge is -2.41. The first-order chi connectivity index (χ1) is 8.56. The Bertz CT molecular complexity index is 310. The number of fused-ring (bicyclic) bond motifs is 2. The van der Waals surface area contributed by atoms with Crippen molar-refractivity contribution in [1.29, 1.82) is 0 Å². The fourth-order valence-corrected chi connectivity index (χ4v) is 4.44. The van der Waals surface area contributed by atoms with Crippen LogP contribution in [-0.4, -0.2) is 29.3 Å². The number of carbonyl (C=O) groups is 1. The molecule has 0 radical (unpaired) electrons. The van der Waals surface area contributed by atoms with E-state index >= 15 is 0 Å². The molecular weight excluding hydrogens is 222 g/mol. The van der Waals surface area contributed by atoms with E-state index in [1.807, 2.05) is 0 Å². The molecule has 2 aliphatic rings.